The molecule has 0 aliphatic heterocycles. The second kappa shape index (κ2) is 7.17. The van der Waals surface area contributed by atoms with Crippen LogP contribution in [0.25, 0.3) is 0 Å². The Morgan fingerprint density at radius 1 is 1.10 bits per heavy atom. The third kappa shape index (κ3) is 4.37. The summed E-state index contributed by atoms with van der Waals surface area (Å²) in [5.41, 5.74) is 9.32. The molecule has 1 unspecified atom stereocenters. The highest BCUT2D eigenvalue weighted by molar-refractivity contribution is 6.31. The molecule has 0 aliphatic rings. The molecule has 1 atom stereocenters. The molecule has 0 aromatic heterocycles. The number of rotatable bonds is 5. The fourth-order valence-electron chi connectivity index (χ4n) is 2.38. The van der Waals surface area contributed by atoms with Crippen LogP contribution in [0.15, 0.2) is 42.5 Å². The second-order valence-corrected chi connectivity index (χ2v) is 6.25. The molecule has 0 saturated heterocycles. The van der Waals surface area contributed by atoms with Crippen molar-refractivity contribution in [3.8, 4) is 0 Å². The van der Waals surface area contributed by atoms with Crippen molar-refractivity contribution in [3.63, 3.8) is 0 Å². The number of anilines is 1. The van der Waals surface area contributed by atoms with Gasteiger partial charge in [-0.3, -0.25) is 0 Å². The molecule has 2 nitrogen and oxygen atoms in total. The Kier molecular flexibility index (Phi) is 5.51. The van der Waals surface area contributed by atoms with Crippen LogP contribution < -0.4 is 10.6 Å². The van der Waals surface area contributed by atoms with E-state index in [1.807, 2.05) is 56.4 Å². The van der Waals surface area contributed by atoms with Crippen LogP contribution in [0, 0.1) is 0 Å². The molecule has 2 N–H and O–H groups in total. The van der Waals surface area contributed by atoms with Crippen LogP contribution in [0.5, 0.6) is 0 Å². The van der Waals surface area contributed by atoms with Crippen molar-refractivity contribution in [2.75, 3.05) is 11.9 Å². The fourth-order valence-corrected chi connectivity index (χ4v) is 2.74. The standard InChI is InChI=1S/C17H20Cl2N2/c1-12(20)9-13-7-8-15(18)10-17(13)21(2)11-14-5-3-4-6-16(14)19/h3-8,10,12H,9,11,20H2,1-2H3. The number of hydrogen-bond donors (Lipinski definition) is 1. The molecule has 0 aliphatic carbocycles. The van der Waals surface area contributed by atoms with Gasteiger partial charge in [-0.1, -0.05) is 47.5 Å². The van der Waals surface area contributed by atoms with Gasteiger partial charge in [-0.25, -0.2) is 0 Å². The highest BCUT2D eigenvalue weighted by Gasteiger charge is 2.11. The Morgan fingerprint density at radius 2 is 1.81 bits per heavy atom. The van der Waals surface area contributed by atoms with Gasteiger partial charge in [0.1, 0.15) is 0 Å². The first-order chi connectivity index (χ1) is 9.97. The lowest BCUT2D eigenvalue weighted by molar-refractivity contribution is 0.734. The molecule has 21 heavy (non-hydrogen) atoms. The molecule has 2 aromatic carbocycles. The van der Waals surface area contributed by atoms with E-state index in [0.29, 0.717) is 0 Å². The number of nitrogens with zero attached hydrogens (tertiary/aromatic N) is 1. The molecular formula is C17H20Cl2N2. The van der Waals surface area contributed by atoms with Gasteiger partial charge in [0.25, 0.3) is 0 Å². The van der Waals surface area contributed by atoms with E-state index in [2.05, 4.69) is 4.90 Å². The molecule has 0 amide bonds. The topological polar surface area (TPSA) is 29.3 Å². The van der Waals surface area contributed by atoms with Gasteiger partial charge in [-0.05, 0) is 42.7 Å². The lowest BCUT2D eigenvalue weighted by atomic mass is 10.0. The number of nitrogens with two attached hydrogens (primary N) is 1. The van der Waals surface area contributed by atoms with E-state index in [1.165, 1.54) is 5.56 Å². The van der Waals surface area contributed by atoms with Crippen LogP contribution in [0.3, 0.4) is 0 Å². The van der Waals surface area contributed by atoms with Crippen LogP contribution >= 0.6 is 23.2 Å². The van der Waals surface area contributed by atoms with Crippen molar-refractivity contribution in [1.82, 2.24) is 0 Å². The highest BCUT2D eigenvalue weighted by Crippen LogP contribution is 2.27. The minimum absolute atomic E-state index is 0.110. The predicted molar refractivity (Wildman–Crippen MR) is 92.4 cm³/mol. The summed E-state index contributed by atoms with van der Waals surface area (Å²) in [6.45, 7) is 2.73. The lowest BCUT2D eigenvalue weighted by Gasteiger charge is -2.24. The summed E-state index contributed by atoms with van der Waals surface area (Å²) < 4.78 is 0. The maximum absolute atomic E-state index is 6.24. The number of benzene rings is 2. The van der Waals surface area contributed by atoms with Gasteiger partial charge in [-0.15, -0.1) is 0 Å². The minimum atomic E-state index is 0.110. The summed E-state index contributed by atoms with van der Waals surface area (Å²) >= 11 is 12.4. The molecule has 0 saturated carbocycles. The average molecular weight is 323 g/mol. The zero-order valence-corrected chi connectivity index (χ0v) is 13.8. The molecule has 4 heteroatoms. The third-order valence-electron chi connectivity index (χ3n) is 3.37. The Morgan fingerprint density at radius 3 is 2.48 bits per heavy atom. The van der Waals surface area contributed by atoms with Crippen molar-refractivity contribution >= 4 is 28.9 Å². The third-order valence-corrected chi connectivity index (χ3v) is 3.97. The zero-order valence-electron chi connectivity index (χ0n) is 12.3. The maximum Gasteiger partial charge on any atom is 0.0455 e. The molecular weight excluding hydrogens is 303 g/mol. The summed E-state index contributed by atoms with van der Waals surface area (Å²) in [7, 11) is 2.04. The molecule has 0 spiro atoms. The fraction of sp³-hybridized carbons (Fsp3) is 0.294. The first kappa shape index (κ1) is 16.2. The predicted octanol–water partition coefficient (Wildman–Crippen LogP) is 4.52. The van der Waals surface area contributed by atoms with Gasteiger partial charge in [0.15, 0.2) is 0 Å². The Balaban J connectivity index is 2.27. The van der Waals surface area contributed by atoms with Gasteiger partial charge in [0, 0.05) is 35.4 Å². The molecule has 0 heterocycles. The smallest absolute Gasteiger partial charge is 0.0455 e. The molecule has 0 fully saturated rings. The summed E-state index contributed by atoms with van der Waals surface area (Å²) in [6.07, 6.45) is 0.819. The highest BCUT2D eigenvalue weighted by atomic mass is 35.5. The van der Waals surface area contributed by atoms with E-state index in [1.54, 1.807) is 0 Å². The molecule has 2 rings (SSSR count). The Bertz CT molecular complexity index is 611. The second-order valence-electron chi connectivity index (χ2n) is 5.40. The summed E-state index contributed by atoms with van der Waals surface area (Å²) in [4.78, 5) is 2.16. The van der Waals surface area contributed by atoms with E-state index in [9.17, 15) is 0 Å². The first-order valence-corrected chi connectivity index (χ1v) is 7.71. The summed E-state index contributed by atoms with van der Waals surface area (Å²) in [5, 5.41) is 1.50. The first-order valence-electron chi connectivity index (χ1n) is 6.96. The van der Waals surface area contributed by atoms with Crippen LogP contribution in [-0.2, 0) is 13.0 Å². The van der Waals surface area contributed by atoms with E-state index in [4.69, 9.17) is 28.9 Å². The average Bonchev–Trinajstić information content (AvgIpc) is 2.43. The lowest BCUT2D eigenvalue weighted by Crippen LogP contribution is -2.22. The Hall–Kier alpha value is -1.22. The largest absolute Gasteiger partial charge is 0.370 e. The van der Waals surface area contributed by atoms with Crippen LogP contribution in [-0.4, -0.2) is 13.1 Å². The molecule has 0 radical (unpaired) electrons. The SMILES string of the molecule is CC(N)Cc1ccc(Cl)cc1N(C)Cc1ccccc1Cl. The summed E-state index contributed by atoms with van der Waals surface area (Å²) in [6, 6.07) is 13.9. The van der Waals surface area contributed by atoms with Crippen molar-refractivity contribution in [1.29, 1.82) is 0 Å². The van der Waals surface area contributed by atoms with Crippen molar-refractivity contribution in [2.24, 2.45) is 5.73 Å². The normalized spacial score (nSPS) is 12.2. The molecule has 0 bridgehead atoms. The van der Waals surface area contributed by atoms with Gasteiger partial charge in [0.05, 0.1) is 0 Å². The van der Waals surface area contributed by atoms with Crippen molar-refractivity contribution < 1.29 is 0 Å². The quantitative estimate of drug-likeness (QED) is 0.876. The van der Waals surface area contributed by atoms with E-state index < -0.39 is 0 Å². The van der Waals surface area contributed by atoms with Gasteiger partial charge < -0.3 is 10.6 Å². The van der Waals surface area contributed by atoms with Gasteiger partial charge in [0.2, 0.25) is 0 Å². The van der Waals surface area contributed by atoms with E-state index >= 15 is 0 Å². The minimum Gasteiger partial charge on any atom is -0.370 e. The molecule has 112 valence electrons. The van der Waals surface area contributed by atoms with Gasteiger partial charge in [-0.2, -0.15) is 0 Å². The van der Waals surface area contributed by atoms with Crippen molar-refractivity contribution in [2.45, 2.75) is 25.9 Å². The van der Waals surface area contributed by atoms with Crippen LogP contribution in [0.4, 0.5) is 5.69 Å². The van der Waals surface area contributed by atoms with Crippen LogP contribution in [0.2, 0.25) is 10.0 Å². The van der Waals surface area contributed by atoms with Crippen LogP contribution in [0.1, 0.15) is 18.1 Å². The molecule has 2 aromatic rings. The zero-order chi connectivity index (χ0) is 15.4. The number of hydrogen-bond acceptors (Lipinski definition) is 2. The van der Waals surface area contributed by atoms with E-state index in [-0.39, 0.29) is 6.04 Å². The van der Waals surface area contributed by atoms with Crippen molar-refractivity contribution in [3.05, 3.63) is 63.6 Å². The monoisotopic (exact) mass is 322 g/mol. The Labute approximate surface area is 136 Å². The maximum atomic E-state index is 6.24. The summed E-state index contributed by atoms with van der Waals surface area (Å²) in [5.74, 6) is 0. The number of halogens is 2. The van der Waals surface area contributed by atoms with Gasteiger partial charge >= 0.3 is 0 Å². The van der Waals surface area contributed by atoms with E-state index in [0.717, 1.165) is 34.3 Å².